The average Bonchev–Trinajstić information content (AvgIpc) is 1.59. The summed E-state index contributed by atoms with van der Waals surface area (Å²) >= 11 is 0. The van der Waals surface area contributed by atoms with E-state index in [4.69, 9.17) is 8.83 Å². The van der Waals surface area contributed by atoms with Crippen LogP contribution in [0.2, 0.25) is 0 Å². The molecule has 14 aromatic carbocycles. The zero-order valence-electron chi connectivity index (χ0n) is 50.1. The first-order valence-electron chi connectivity index (χ1n) is 31.4. The van der Waals surface area contributed by atoms with E-state index in [-0.39, 0.29) is 10.8 Å². The van der Waals surface area contributed by atoms with Crippen molar-refractivity contribution in [3.8, 4) is 67.0 Å². The SMILES string of the molecule is CC1(C)c2ccccc2-c2cc3c(cc21)oc1ccc(-c2ccc4c(c2)c2cc(-c5ccc6ccc(-n7c8ccccc8c8cc(-c9cccc%10oc%11cc%12c(cc%11c9%10)-c9ccccc9C%12(C)C)ccc87)cc6c5)ccc2n4-c2ccc4ccccc4c2)cc13. The lowest BCUT2D eigenvalue weighted by Crippen LogP contribution is -2.14. The highest BCUT2D eigenvalue weighted by Gasteiger charge is 2.38. The topological polar surface area (TPSA) is 36.1 Å². The molecule has 0 atom stereocenters. The summed E-state index contributed by atoms with van der Waals surface area (Å²) in [7, 11) is 0. The van der Waals surface area contributed by atoms with Crippen molar-refractivity contribution in [2.24, 2.45) is 0 Å². The Morgan fingerprint density at radius 3 is 1.39 bits per heavy atom. The van der Waals surface area contributed by atoms with Crippen molar-refractivity contribution >= 4 is 109 Å². The molecule has 2 aliphatic carbocycles. The molecule has 0 fully saturated rings. The van der Waals surface area contributed by atoms with E-state index in [0.29, 0.717) is 0 Å². The number of hydrogen-bond acceptors (Lipinski definition) is 2. The number of fused-ring (bicyclic) bond motifs is 20. The molecule has 0 saturated carbocycles. The molecule has 4 heterocycles. The summed E-state index contributed by atoms with van der Waals surface area (Å²) in [6.07, 6.45) is 0. The van der Waals surface area contributed by atoms with E-state index >= 15 is 0 Å². The van der Waals surface area contributed by atoms with Gasteiger partial charge in [0.25, 0.3) is 0 Å². The summed E-state index contributed by atoms with van der Waals surface area (Å²) in [5, 5.41) is 14.3. The fraction of sp³-hybridized carbons (Fsp3) is 0.0698. The van der Waals surface area contributed by atoms with E-state index in [1.165, 1.54) is 132 Å². The van der Waals surface area contributed by atoms with Crippen LogP contribution < -0.4 is 0 Å². The molecule has 0 spiro atoms. The maximum Gasteiger partial charge on any atom is 0.136 e. The predicted molar refractivity (Wildman–Crippen MR) is 376 cm³/mol. The molecule has 90 heavy (non-hydrogen) atoms. The zero-order valence-corrected chi connectivity index (χ0v) is 50.1. The molecule has 4 aromatic heterocycles. The summed E-state index contributed by atoms with van der Waals surface area (Å²) in [6, 6.07) is 99.6. The van der Waals surface area contributed by atoms with Crippen molar-refractivity contribution in [1.82, 2.24) is 9.13 Å². The van der Waals surface area contributed by atoms with Crippen molar-refractivity contribution in [2.75, 3.05) is 0 Å². The normalized spacial score (nSPS) is 14.0. The molecular formula is C86H56N2O2. The molecule has 0 amide bonds. The molecule has 20 rings (SSSR count). The second kappa shape index (κ2) is 17.7. The molecule has 2 aliphatic rings. The minimum Gasteiger partial charge on any atom is -0.456 e. The quantitative estimate of drug-likeness (QED) is 0.172. The van der Waals surface area contributed by atoms with Gasteiger partial charge in [-0.2, -0.15) is 0 Å². The second-order valence-corrected chi connectivity index (χ2v) is 26.4. The van der Waals surface area contributed by atoms with Gasteiger partial charge in [0.05, 0.1) is 22.1 Å². The van der Waals surface area contributed by atoms with E-state index in [0.717, 1.165) is 66.4 Å². The molecule has 18 aromatic rings. The first kappa shape index (κ1) is 49.9. The predicted octanol–water partition coefficient (Wildman–Crippen LogP) is 23.6. The minimum absolute atomic E-state index is 0.102. The van der Waals surface area contributed by atoms with Crippen LogP contribution in [0.5, 0.6) is 0 Å². The van der Waals surface area contributed by atoms with Gasteiger partial charge in [-0.1, -0.05) is 179 Å². The standard InChI is InChI=1S/C86H56N2O2/c1-85(2)72-20-10-7-16-61(72)64-45-70-69-43-55(31-37-80(69)89-82(70)47-74(64)85)54-29-35-79-68(42-54)67-41-53(28-34-78(67)88(79)58-32-26-49-14-5-6-15-51(49)39-58)52-25-24-50-27-33-59(40-57(50)38-52)87-76-22-12-9-18-63(76)66-44-56(30-36-77(66)87)60-19-13-23-81-84(60)71-46-65-62-17-8-11-21-73(62)86(3,4)75(65)48-83(71)90-81/h5-48H,1-4H3. The summed E-state index contributed by atoms with van der Waals surface area (Å²) in [5.74, 6) is 0. The van der Waals surface area contributed by atoms with Crippen molar-refractivity contribution < 1.29 is 8.83 Å². The highest BCUT2D eigenvalue weighted by Crippen LogP contribution is 2.53. The lowest BCUT2D eigenvalue weighted by Gasteiger charge is -2.21. The molecule has 4 nitrogen and oxygen atoms in total. The van der Waals surface area contributed by atoms with Crippen LogP contribution in [-0.4, -0.2) is 9.13 Å². The Kier molecular flexibility index (Phi) is 9.83. The van der Waals surface area contributed by atoms with Gasteiger partial charge in [0.2, 0.25) is 0 Å². The molecular weight excluding hydrogens is 1090 g/mol. The van der Waals surface area contributed by atoms with Crippen LogP contribution in [0.4, 0.5) is 0 Å². The molecule has 0 N–H and O–H groups in total. The molecule has 0 aliphatic heterocycles. The lowest BCUT2D eigenvalue weighted by molar-refractivity contribution is 0.647. The van der Waals surface area contributed by atoms with E-state index in [1.54, 1.807) is 0 Å². The highest BCUT2D eigenvalue weighted by atomic mass is 16.3. The highest BCUT2D eigenvalue weighted by molar-refractivity contribution is 6.18. The van der Waals surface area contributed by atoms with Gasteiger partial charge in [0.1, 0.15) is 22.3 Å². The fourth-order valence-electron chi connectivity index (χ4n) is 16.4. The molecule has 0 bridgehead atoms. The van der Waals surface area contributed by atoms with Crippen LogP contribution in [0.15, 0.2) is 276 Å². The number of benzene rings is 14. The third-order valence-corrected chi connectivity index (χ3v) is 20.9. The Hall–Kier alpha value is -11.2. The second-order valence-electron chi connectivity index (χ2n) is 26.4. The van der Waals surface area contributed by atoms with Crippen molar-refractivity contribution in [1.29, 1.82) is 0 Å². The van der Waals surface area contributed by atoms with E-state index in [1.807, 2.05) is 0 Å². The van der Waals surface area contributed by atoms with Gasteiger partial charge in [-0.25, -0.2) is 0 Å². The summed E-state index contributed by atoms with van der Waals surface area (Å²) in [4.78, 5) is 0. The average molecular weight is 1150 g/mol. The number of rotatable bonds is 5. The van der Waals surface area contributed by atoms with Crippen LogP contribution in [-0.2, 0) is 10.8 Å². The minimum atomic E-state index is -0.107. The largest absolute Gasteiger partial charge is 0.456 e. The van der Waals surface area contributed by atoms with Gasteiger partial charge in [-0.15, -0.1) is 0 Å². The third kappa shape index (κ3) is 6.85. The molecule has 0 saturated heterocycles. The Morgan fingerprint density at radius 1 is 0.244 bits per heavy atom. The van der Waals surface area contributed by atoms with Crippen molar-refractivity contribution in [3.63, 3.8) is 0 Å². The number of para-hydroxylation sites is 1. The monoisotopic (exact) mass is 1150 g/mol. The van der Waals surface area contributed by atoms with E-state index in [9.17, 15) is 0 Å². The Morgan fingerprint density at radius 2 is 0.700 bits per heavy atom. The van der Waals surface area contributed by atoms with E-state index in [2.05, 4.69) is 304 Å². The zero-order chi connectivity index (χ0) is 59.5. The molecule has 4 heteroatoms. The van der Waals surface area contributed by atoms with Crippen molar-refractivity contribution in [2.45, 2.75) is 38.5 Å². The molecule has 422 valence electrons. The number of nitrogens with zero attached hydrogens (tertiary/aromatic N) is 2. The first-order chi connectivity index (χ1) is 44.1. The van der Waals surface area contributed by atoms with Crippen molar-refractivity contribution in [3.05, 3.63) is 289 Å². The fourth-order valence-corrected chi connectivity index (χ4v) is 16.4. The van der Waals surface area contributed by atoms with Gasteiger partial charge in [0.15, 0.2) is 0 Å². The van der Waals surface area contributed by atoms with E-state index < -0.39 is 0 Å². The van der Waals surface area contributed by atoms with Gasteiger partial charge >= 0.3 is 0 Å². The summed E-state index contributed by atoms with van der Waals surface area (Å²) in [6.45, 7) is 9.32. The third-order valence-electron chi connectivity index (χ3n) is 20.9. The van der Waals surface area contributed by atoms with Crippen LogP contribution in [0.25, 0.3) is 176 Å². The number of hydrogen-bond donors (Lipinski definition) is 0. The Labute approximate surface area is 518 Å². The maximum absolute atomic E-state index is 6.74. The molecule has 0 radical (unpaired) electrons. The first-order valence-corrected chi connectivity index (χ1v) is 31.4. The summed E-state index contributed by atoms with van der Waals surface area (Å²) < 4.78 is 18.3. The Bertz CT molecular complexity index is 6230. The van der Waals surface area contributed by atoms with Gasteiger partial charge in [-0.05, 0) is 215 Å². The van der Waals surface area contributed by atoms with Crippen LogP contribution in [0.1, 0.15) is 49.9 Å². The van der Waals surface area contributed by atoms with Crippen LogP contribution >= 0.6 is 0 Å². The van der Waals surface area contributed by atoms with Gasteiger partial charge < -0.3 is 18.0 Å². The Balaban J connectivity index is 0.705. The van der Waals surface area contributed by atoms with Crippen LogP contribution in [0.3, 0.4) is 0 Å². The van der Waals surface area contributed by atoms with Crippen LogP contribution in [0, 0.1) is 0 Å². The maximum atomic E-state index is 6.74. The van der Waals surface area contributed by atoms with Gasteiger partial charge in [0, 0.05) is 65.3 Å². The smallest absolute Gasteiger partial charge is 0.136 e. The number of aromatic nitrogens is 2. The lowest BCUT2D eigenvalue weighted by atomic mass is 9.82. The number of furan rings is 2. The molecule has 0 unspecified atom stereocenters. The summed E-state index contributed by atoms with van der Waals surface area (Å²) in [5.41, 5.74) is 28.0. The van der Waals surface area contributed by atoms with Gasteiger partial charge in [-0.3, -0.25) is 0 Å².